The standard InChI is InChI=1S/C23H19F2N3O2/c24-18-7-4-8-19(25)22(18)27-23(30)26-17-10-11-20-16(13-17)9-12-21(29)28(20)14-15-5-2-1-3-6-15/h1-8,10-11,13H,9,12,14H2,(H2,26,27,30). The second-order valence-corrected chi connectivity index (χ2v) is 6.98. The first kappa shape index (κ1) is 19.6. The molecule has 0 bridgehead atoms. The summed E-state index contributed by atoms with van der Waals surface area (Å²) in [5, 5.41) is 4.77. The maximum atomic E-state index is 13.7. The summed E-state index contributed by atoms with van der Waals surface area (Å²) in [6, 6.07) is 17.5. The van der Waals surface area contributed by atoms with E-state index in [4.69, 9.17) is 0 Å². The molecule has 0 saturated carbocycles. The summed E-state index contributed by atoms with van der Waals surface area (Å²) in [5.74, 6) is -1.67. The van der Waals surface area contributed by atoms with E-state index < -0.39 is 23.4 Å². The molecule has 0 unspecified atom stereocenters. The highest BCUT2D eigenvalue weighted by Gasteiger charge is 2.24. The van der Waals surface area contributed by atoms with E-state index in [0.717, 1.165) is 28.9 Å². The van der Waals surface area contributed by atoms with Crippen LogP contribution in [0.5, 0.6) is 0 Å². The number of carbonyl (C=O) groups is 2. The zero-order valence-corrected chi connectivity index (χ0v) is 16.0. The molecule has 0 saturated heterocycles. The molecule has 0 radical (unpaired) electrons. The highest BCUT2D eigenvalue weighted by molar-refractivity contribution is 6.01. The van der Waals surface area contributed by atoms with Crippen molar-refractivity contribution in [3.8, 4) is 0 Å². The lowest BCUT2D eigenvalue weighted by molar-refractivity contribution is -0.119. The Morgan fingerprint density at radius 2 is 1.63 bits per heavy atom. The maximum absolute atomic E-state index is 13.7. The van der Waals surface area contributed by atoms with Crippen molar-refractivity contribution in [3.05, 3.63) is 89.5 Å². The SMILES string of the molecule is O=C(Nc1ccc2c(c1)CCC(=O)N2Cc1ccccc1)Nc1c(F)cccc1F. The summed E-state index contributed by atoms with van der Waals surface area (Å²) >= 11 is 0. The minimum Gasteiger partial charge on any atom is -0.308 e. The first-order valence-corrected chi connectivity index (χ1v) is 9.50. The first-order valence-electron chi connectivity index (χ1n) is 9.50. The molecule has 1 aliphatic heterocycles. The van der Waals surface area contributed by atoms with Crippen molar-refractivity contribution < 1.29 is 18.4 Å². The Bertz CT molecular complexity index is 1080. The number of hydrogen-bond donors (Lipinski definition) is 2. The monoisotopic (exact) mass is 407 g/mol. The van der Waals surface area contributed by atoms with Crippen LogP contribution in [0.3, 0.4) is 0 Å². The third-order valence-electron chi connectivity index (χ3n) is 4.92. The third-order valence-corrected chi connectivity index (χ3v) is 4.92. The molecule has 2 N–H and O–H groups in total. The number of amides is 3. The van der Waals surface area contributed by atoms with Crippen LogP contribution in [-0.4, -0.2) is 11.9 Å². The number of nitrogens with zero attached hydrogens (tertiary/aromatic N) is 1. The number of rotatable bonds is 4. The summed E-state index contributed by atoms with van der Waals surface area (Å²) in [4.78, 5) is 26.4. The van der Waals surface area contributed by atoms with Gasteiger partial charge in [-0.1, -0.05) is 36.4 Å². The summed E-state index contributed by atoms with van der Waals surface area (Å²) in [5.41, 5.74) is 2.69. The van der Waals surface area contributed by atoms with E-state index in [2.05, 4.69) is 10.6 Å². The number of nitrogens with one attached hydrogen (secondary N) is 2. The number of hydrogen-bond acceptors (Lipinski definition) is 2. The Labute approximate surface area is 172 Å². The van der Waals surface area contributed by atoms with Gasteiger partial charge in [0.2, 0.25) is 5.91 Å². The van der Waals surface area contributed by atoms with Crippen LogP contribution in [-0.2, 0) is 17.8 Å². The second kappa shape index (κ2) is 8.32. The molecule has 0 spiro atoms. The molecule has 0 atom stereocenters. The van der Waals surface area contributed by atoms with Gasteiger partial charge < -0.3 is 15.5 Å². The van der Waals surface area contributed by atoms with Crippen molar-refractivity contribution in [2.24, 2.45) is 0 Å². The fourth-order valence-corrected chi connectivity index (χ4v) is 3.47. The van der Waals surface area contributed by atoms with Crippen LogP contribution in [0.4, 0.5) is 30.6 Å². The molecular weight excluding hydrogens is 388 g/mol. The van der Waals surface area contributed by atoms with E-state index in [0.29, 0.717) is 25.1 Å². The number of aryl methyl sites for hydroxylation is 1. The molecule has 30 heavy (non-hydrogen) atoms. The smallest absolute Gasteiger partial charge is 0.308 e. The molecule has 1 aliphatic rings. The minimum absolute atomic E-state index is 0.0415. The van der Waals surface area contributed by atoms with Gasteiger partial charge in [0.05, 0.1) is 6.54 Å². The normalized spacial score (nSPS) is 13.0. The molecule has 0 aromatic heterocycles. The van der Waals surface area contributed by atoms with E-state index in [1.807, 2.05) is 30.3 Å². The fraction of sp³-hybridized carbons (Fsp3) is 0.130. The van der Waals surface area contributed by atoms with Crippen molar-refractivity contribution in [1.82, 2.24) is 0 Å². The van der Waals surface area contributed by atoms with Crippen molar-refractivity contribution in [2.75, 3.05) is 15.5 Å². The molecule has 7 heteroatoms. The molecule has 1 heterocycles. The van der Waals surface area contributed by atoms with Crippen LogP contribution < -0.4 is 15.5 Å². The maximum Gasteiger partial charge on any atom is 0.323 e. The Hall–Kier alpha value is -3.74. The van der Waals surface area contributed by atoms with Gasteiger partial charge in [0.15, 0.2) is 0 Å². The molecule has 5 nitrogen and oxygen atoms in total. The van der Waals surface area contributed by atoms with Gasteiger partial charge >= 0.3 is 6.03 Å². The van der Waals surface area contributed by atoms with Crippen molar-refractivity contribution in [3.63, 3.8) is 0 Å². The van der Waals surface area contributed by atoms with Crippen molar-refractivity contribution in [2.45, 2.75) is 19.4 Å². The van der Waals surface area contributed by atoms with Crippen LogP contribution >= 0.6 is 0 Å². The average Bonchev–Trinajstić information content (AvgIpc) is 2.74. The number of halogens is 2. The zero-order valence-electron chi connectivity index (χ0n) is 16.0. The topological polar surface area (TPSA) is 61.4 Å². The molecule has 3 aromatic rings. The summed E-state index contributed by atoms with van der Waals surface area (Å²) in [6.45, 7) is 0.465. The van der Waals surface area contributed by atoms with Crippen LogP contribution in [0.2, 0.25) is 0 Å². The lowest BCUT2D eigenvalue weighted by Crippen LogP contribution is -2.34. The molecule has 0 aliphatic carbocycles. The summed E-state index contributed by atoms with van der Waals surface area (Å²) < 4.78 is 27.4. The number of benzene rings is 3. The van der Waals surface area contributed by atoms with Crippen LogP contribution in [0.1, 0.15) is 17.5 Å². The Kier molecular flexibility index (Phi) is 5.43. The van der Waals surface area contributed by atoms with Crippen molar-refractivity contribution >= 4 is 29.0 Å². The van der Waals surface area contributed by atoms with E-state index in [9.17, 15) is 18.4 Å². The number of anilines is 3. The molecular formula is C23H19F2N3O2. The molecule has 3 amide bonds. The Morgan fingerprint density at radius 1 is 0.900 bits per heavy atom. The van der Waals surface area contributed by atoms with Gasteiger partial charge in [0.1, 0.15) is 17.3 Å². The van der Waals surface area contributed by atoms with Crippen molar-refractivity contribution in [1.29, 1.82) is 0 Å². The quantitative estimate of drug-likeness (QED) is 0.633. The van der Waals surface area contributed by atoms with Gasteiger partial charge in [0.25, 0.3) is 0 Å². The second-order valence-electron chi connectivity index (χ2n) is 6.98. The molecule has 4 rings (SSSR count). The lowest BCUT2D eigenvalue weighted by Gasteiger charge is -2.30. The summed E-state index contributed by atoms with van der Waals surface area (Å²) in [7, 11) is 0. The Balaban J connectivity index is 1.51. The number of fused-ring (bicyclic) bond motifs is 1. The molecule has 3 aromatic carbocycles. The zero-order chi connectivity index (χ0) is 21.1. The predicted octanol–water partition coefficient (Wildman–Crippen LogP) is 5.09. The van der Waals surface area contributed by atoms with Crippen LogP contribution in [0.25, 0.3) is 0 Å². The van der Waals surface area contributed by atoms with Gasteiger partial charge in [-0.2, -0.15) is 0 Å². The highest BCUT2D eigenvalue weighted by atomic mass is 19.1. The van der Waals surface area contributed by atoms with Gasteiger partial charge in [0, 0.05) is 17.8 Å². The van der Waals surface area contributed by atoms with E-state index in [-0.39, 0.29) is 5.91 Å². The largest absolute Gasteiger partial charge is 0.323 e. The first-order chi connectivity index (χ1) is 14.5. The minimum atomic E-state index is -0.856. The highest BCUT2D eigenvalue weighted by Crippen LogP contribution is 2.31. The van der Waals surface area contributed by atoms with Gasteiger partial charge in [-0.25, -0.2) is 13.6 Å². The molecule has 152 valence electrons. The third kappa shape index (κ3) is 4.15. The number of urea groups is 1. The van der Waals surface area contributed by atoms with Gasteiger partial charge in [-0.3, -0.25) is 4.79 Å². The lowest BCUT2D eigenvalue weighted by atomic mass is 9.99. The van der Waals surface area contributed by atoms with Gasteiger partial charge in [-0.05, 0) is 47.9 Å². The van der Waals surface area contributed by atoms with Gasteiger partial charge in [-0.15, -0.1) is 0 Å². The van der Waals surface area contributed by atoms with E-state index in [1.54, 1.807) is 23.1 Å². The number of carbonyl (C=O) groups excluding carboxylic acids is 2. The predicted molar refractivity (Wildman–Crippen MR) is 111 cm³/mol. The summed E-state index contributed by atoms with van der Waals surface area (Å²) in [6.07, 6.45) is 0.925. The van der Waals surface area contributed by atoms with Crippen LogP contribution in [0, 0.1) is 11.6 Å². The molecule has 0 fully saturated rings. The Morgan fingerprint density at radius 3 is 2.37 bits per heavy atom. The van der Waals surface area contributed by atoms with E-state index >= 15 is 0 Å². The fourth-order valence-electron chi connectivity index (χ4n) is 3.47. The van der Waals surface area contributed by atoms with Crippen LogP contribution in [0.15, 0.2) is 66.7 Å². The number of para-hydroxylation sites is 1. The average molecular weight is 407 g/mol. The van der Waals surface area contributed by atoms with E-state index in [1.165, 1.54) is 6.07 Å².